The Morgan fingerprint density at radius 1 is 1.47 bits per heavy atom. The smallest absolute Gasteiger partial charge is 0.258 e. The summed E-state index contributed by atoms with van der Waals surface area (Å²) in [5.74, 6) is 0.311. The van der Waals surface area contributed by atoms with Gasteiger partial charge in [-0.1, -0.05) is 28.8 Å². The second-order valence-electron chi connectivity index (χ2n) is 4.59. The van der Waals surface area contributed by atoms with Gasteiger partial charge in [-0.25, -0.2) is 0 Å². The highest BCUT2D eigenvalue weighted by atomic mass is 79.9. The number of rotatable bonds is 4. The predicted molar refractivity (Wildman–Crippen MR) is 74.8 cm³/mol. The van der Waals surface area contributed by atoms with Crippen LogP contribution >= 0.6 is 15.9 Å². The molecule has 1 fully saturated rings. The van der Waals surface area contributed by atoms with E-state index in [1.54, 1.807) is 18.2 Å². The molecule has 1 N–H and O–H groups in total. The van der Waals surface area contributed by atoms with Gasteiger partial charge in [0.1, 0.15) is 11.8 Å². The highest BCUT2D eigenvalue weighted by Crippen LogP contribution is 2.22. The Hall–Kier alpha value is -1.54. The van der Waals surface area contributed by atoms with E-state index in [9.17, 15) is 4.79 Å². The summed E-state index contributed by atoms with van der Waals surface area (Å²) in [6.07, 6.45) is 4.45. The van der Waals surface area contributed by atoms with Gasteiger partial charge in [-0.15, -0.1) is 0 Å². The summed E-state index contributed by atoms with van der Waals surface area (Å²) in [5.41, 5.74) is 0.419. The minimum Gasteiger partial charge on any atom is -0.482 e. The van der Waals surface area contributed by atoms with Crippen molar-refractivity contribution in [3.05, 3.63) is 28.2 Å². The standard InChI is InChI=1S/C14H15BrN2O2/c15-11-5-6-13(10(7-11)8-16)19-9-14(18)17-12-3-1-2-4-12/h5-7,12H,1-4,9H2,(H,17,18). The zero-order valence-electron chi connectivity index (χ0n) is 10.5. The van der Waals surface area contributed by atoms with Gasteiger partial charge in [-0.2, -0.15) is 5.26 Å². The van der Waals surface area contributed by atoms with Gasteiger partial charge in [0, 0.05) is 10.5 Å². The molecule has 0 bridgehead atoms. The van der Waals surface area contributed by atoms with Gasteiger partial charge in [0.05, 0.1) is 5.56 Å². The van der Waals surface area contributed by atoms with Crippen molar-refractivity contribution < 1.29 is 9.53 Å². The van der Waals surface area contributed by atoms with Crippen molar-refractivity contribution in [1.29, 1.82) is 5.26 Å². The van der Waals surface area contributed by atoms with Crippen LogP contribution in [0.5, 0.6) is 5.75 Å². The summed E-state index contributed by atoms with van der Waals surface area (Å²) in [7, 11) is 0. The van der Waals surface area contributed by atoms with Gasteiger partial charge in [0.15, 0.2) is 6.61 Å². The Morgan fingerprint density at radius 3 is 2.89 bits per heavy atom. The van der Waals surface area contributed by atoms with Crippen LogP contribution in [0.2, 0.25) is 0 Å². The molecule has 100 valence electrons. The molecule has 19 heavy (non-hydrogen) atoms. The molecule has 0 unspecified atom stereocenters. The number of hydrogen-bond donors (Lipinski definition) is 1. The third-order valence-corrected chi connectivity index (χ3v) is 3.63. The van der Waals surface area contributed by atoms with Crippen LogP contribution in [0.4, 0.5) is 0 Å². The van der Waals surface area contributed by atoms with E-state index in [1.165, 1.54) is 12.8 Å². The van der Waals surface area contributed by atoms with Crippen LogP contribution in [0, 0.1) is 11.3 Å². The lowest BCUT2D eigenvalue weighted by atomic mass is 10.2. The average molecular weight is 323 g/mol. The largest absolute Gasteiger partial charge is 0.482 e. The fourth-order valence-electron chi connectivity index (χ4n) is 2.20. The van der Waals surface area contributed by atoms with Crippen molar-refractivity contribution in [2.24, 2.45) is 0 Å². The monoisotopic (exact) mass is 322 g/mol. The van der Waals surface area contributed by atoms with Crippen LogP contribution in [0.25, 0.3) is 0 Å². The molecule has 0 atom stereocenters. The summed E-state index contributed by atoms with van der Waals surface area (Å²) in [4.78, 5) is 11.7. The molecule has 0 heterocycles. The number of amides is 1. The highest BCUT2D eigenvalue weighted by molar-refractivity contribution is 9.10. The molecular weight excluding hydrogens is 308 g/mol. The minimum absolute atomic E-state index is 0.0488. The first kappa shape index (κ1) is 13.9. The van der Waals surface area contributed by atoms with E-state index >= 15 is 0 Å². The van der Waals surface area contributed by atoms with E-state index in [4.69, 9.17) is 10.00 Å². The lowest BCUT2D eigenvalue weighted by molar-refractivity contribution is -0.123. The summed E-state index contributed by atoms with van der Waals surface area (Å²) in [6, 6.07) is 7.47. The summed E-state index contributed by atoms with van der Waals surface area (Å²) < 4.78 is 6.21. The van der Waals surface area contributed by atoms with Gasteiger partial charge < -0.3 is 10.1 Å². The van der Waals surface area contributed by atoms with Crippen molar-refractivity contribution in [2.75, 3.05) is 6.61 Å². The SMILES string of the molecule is N#Cc1cc(Br)ccc1OCC(=O)NC1CCCC1. The van der Waals surface area contributed by atoms with Gasteiger partial charge in [0.25, 0.3) is 5.91 Å². The third-order valence-electron chi connectivity index (χ3n) is 3.14. The fourth-order valence-corrected chi connectivity index (χ4v) is 2.56. The Labute approximate surface area is 120 Å². The molecule has 0 aromatic heterocycles. The molecule has 1 amide bonds. The number of carbonyl (C=O) groups is 1. The fraction of sp³-hybridized carbons (Fsp3) is 0.429. The van der Waals surface area contributed by atoms with Gasteiger partial charge in [-0.3, -0.25) is 4.79 Å². The Balaban J connectivity index is 1.88. The topological polar surface area (TPSA) is 62.1 Å². The molecule has 4 nitrogen and oxygen atoms in total. The molecule has 0 saturated heterocycles. The highest BCUT2D eigenvalue weighted by Gasteiger charge is 2.17. The number of nitrogens with one attached hydrogen (secondary N) is 1. The zero-order valence-corrected chi connectivity index (χ0v) is 12.1. The van der Waals surface area contributed by atoms with E-state index in [2.05, 4.69) is 21.2 Å². The van der Waals surface area contributed by atoms with Crippen LogP contribution in [-0.2, 0) is 4.79 Å². The Bertz CT molecular complexity index is 505. The molecule has 0 aliphatic heterocycles. The van der Waals surface area contributed by atoms with Crippen LogP contribution in [0.1, 0.15) is 31.2 Å². The number of hydrogen-bond acceptors (Lipinski definition) is 3. The van der Waals surface area contributed by atoms with Crippen molar-refractivity contribution in [1.82, 2.24) is 5.32 Å². The Morgan fingerprint density at radius 2 is 2.21 bits per heavy atom. The van der Waals surface area contributed by atoms with Crippen molar-refractivity contribution in [3.8, 4) is 11.8 Å². The lowest BCUT2D eigenvalue weighted by Crippen LogP contribution is -2.36. The quantitative estimate of drug-likeness (QED) is 0.927. The van der Waals surface area contributed by atoms with E-state index in [0.29, 0.717) is 11.3 Å². The third kappa shape index (κ3) is 3.97. The number of halogens is 1. The summed E-state index contributed by atoms with van der Waals surface area (Å²) in [6.45, 7) is -0.0488. The minimum atomic E-state index is -0.126. The van der Waals surface area contributed by atoms with Crippen molar-refractivity contribution in [3.63, 3.8) is 0 Å². The summed E-state index contributed by atoms with van der Waals surface area (Å²) in [5, 5.41) is 11.9. The molecule has 1 saturated carbocycles. The van der Waals surface area contributed by atoms with E-state index < -0.39 is 0 Å². The molecule has 5 heteroatoms. The van der Waals surface area contributed by atoms with Gasteiger partial charge in [-0.05, 0) is 31.0 Å². The van der Waals surface area contributed by atoms with E-state index in [0.717, 1.165) is 17.3 Å². The molecule has 1 aliphatic carbocycles. The molecule has 0 radical (unpaired) electrons. The summed E-state index contributed by atoms with van der Waals surface area (Å²) >= 11 is 3.29. The van der Waals surface area contributed by atoms with Gasteiger partial charge >= 0.3 is 0 Å². The second kappa shape index (κ2) is 6.58. The van der Waals surface area contributed by atoms with Crippen LogP contribution in [0.15, 0.2) is 22.7 Å². The normalized spacial score (nSPS) is 14.9. The van der Waals surface area contributed by atoms with E-state index in [1.807, 2.05) is 6.07 Å². The lowest BCUT2D eigenvalue weighted by Gasteiger charge is -2.13. The number of nitriles is 1. The maximum Gasteiger partial charge on any atom is 0.258 e. The first-order valence-corrected chi connectivity index (χ1v) is 7.10. The first-order chi connectivity index (χ1) is 9.19. The predicted octanol–water partition coefficient (Wildman–Crippen LogP) is 2.76. The maximum atomic E-state index is 11.7. The van der Waals surface area contributed by atoms with Crippen LogP contribution in [0.3, 0.4) is 0 Å². The number of benzene rings is 1. The number of nitrogens with zero attached hydrogens (tertiary/aromatic N) is 1. The van der Waals surface area contributed by atoms with Crippen LogP contribution < -0.4 is 10.1 Å². The number of carbonyl (C=O) groups excluding carboxylic acids is 1. The zero-order chi connectivity index (χ0) is 13.7. The maximum absolute atomic E-state index is 11.7. The molecular formula is C14H15BrN2O2. The van der Waals surface area contributed by atoms with Crippen LogP contribution in [-0.4, -0.2) is 18.6 Å². The average Bonchev–Trinajstić information content (AvgIpc) is 2.90. The molecule has 0 spiro atoms. The second-order valence-corrected chi connectivity index (χ2v) is 5.51. The van der Waals surface area contributed by atoms with E-state index in [-0.39, 0.29) is 18.6 Å². The molecule has 1 aromatic rings. The number of ether oxygens (including phenoxy) is 1. The van der Waals surface area contributed by atoms with Crippen molar-refractivity contribution in [2.45, 2.75) is 31.7 Å². The molecule has 2 rings (SSSR count). The van der Waals surface area contributed by atoms with Crippen molar-refractivity contribution >= 4 is 21.8 Å². The first-order valence-electron chi connectivity index (χ1n) is 6.31. The molecule has 1 aliphatic rings. The van der Waals surface area contributed by atoms with Gasteiger partial charge in [0.2, 0.25) is 0 Å². The molecule has 1 aromatic carbocycles. The Kier molecular flexibility index (Phi) is 4.80.